The highest BCUT2D eigenvalue weighted by molar-refractivity contribution is 6.33. The van der Waals surface area contributed by atoms with Crippen LogP contribution in [0.3, 0.4) is 0 Å². The molecule has 0 aliphatic carbocycles. The summed E-state index contributed by atoms with van der Waals surface area (Å²) in [5.74, 6) is 0.599. The van der Waals surface area contributed by atoms with Crippen molar-refractivity contribution in [3.05, 3.63) is 50.9 Å². The number of aromatic nitrogens is 1. The van der Waals surface area contributed by atoms with Gasteiger partial charge in [-0.1, -0.05) is 22.8 Å². The molecule has 0 saturated heterocycles. The summed E-state index contributed by atoms with van der Waals surface area (Å²) in [6.45, 7) is 2.11. The van der Waals surface area contributed by atoms with Gasteiger partial charge < -0.3 is 9.84 Å². The van der Waals surface area contributed by atoms with Crippen LogP contribution < -0.4 is 5.32 Å². The van der Waals surface area contributed by atoms with Gasteiger partial charge in [0.05, 0.1) is 17.2 Å². The second-order valence-corrected chi connectivity index (χ2v) is 4.09. The van der Waals surface area contributed by atoms with Crippen LogP contribution in [0.15, 0.2) is 28.8 Å². The van der Waals surface area contributed by atoms with E-state index in [0.29, 0.717) is 18.0 Å². The number of halogens is 1. The monoisotopic (exact) mass is 267 g/mol. The number of para-hydroxylation sites is 1. The van der Waals surface area contributed by atoms with E-state index in [0.717, 1.165) is 5.69 Å². The van der Waals surface area contributed by atoms with Gasteiger partial charge in [0.15, 0.2) is 5.76 Å². The largest absolute Gasteiger partial charge is 0.372 e. The molecule has 0 amide bonds. The van der Waals surface area contributed by atoms with Crippen LogP contribution in [0.1, 0.15) is 11.5 Å². The molecule has 18 heavy (non-hydrogen) atoms. The molecule has 0 spiro atoms. The van der Waals surface area contributed by atoms with E-state index < -0.39 is 4.92 Å². The average molecular weight is 268 g/mol. The van der Waals surface area contributed by atoms with Crippen molar-refractivity contribution in [1.82, 2.24) is 5.16 Å². The molecule has 0 radical (unpaired) electrons. The highest BCUT2D eigenvalue weighted by atomic mass is 35.5. The molecular weight excluding hydrogens is 258 g/mol. The fraction of sp³-hybridized carbons (Fsp3) is 0.182. The van der Waals surface area contributed by atoms with Gasteiger partial charge >= 0.3 is 5.69 Å². The highest BCUT2D eigenvalue weighted by Gasteiger charge is 2.18. The van der Waals surface area contributed by atoms with Gasteiger partial charge in [0.25, 0.3) is 0 Å². The highest BCUT2D eigenvalue weighted by Crippen LogP contribution is 2.32. The van der Waals surface area contributed by atoms with Crippen molar-refractivity contribution in [2.45, 2.75) is 13.5 Å². The zero-order valence-corrected chi connectivity index (χ0v) is 10.3. The molecule has 1 heterocycles. The predicted octanol–water partition coefficient (Wildman–Crippen LogP) is 3.16. The first kappa shape index (κ1) is 12.4. The molecular formula is C11H10ClN3O3. The van der Waals surface area contributed by atoms with Crippen LogP contribution in [0.5, 0.6) is 0 Å². The molecule has 0 aliphatic heterocycles. The standard InChI is InChI=1S/C11H10ClN3O3/c1-7-5-8(18-14-7)6-13-10-4-2-3-9(12)11(10)15(16)17/h2-5,13H,6H2,1H3. The molecule has 0 unspecified atom stereocenters. The van der Waals surface area contributed by atoms with Crippen molar-refractivity contribution < 1.29 is 9.45 Å². The van der Waals surface area contributed by atoms with E-state index in [1.165, 1.54) is 6.07 Å². The van der Waals surface area contributed by atoms with Crippen molar-refractivity contribution in [1.29, 1.82) is 0 Å². The first-order chi connectivity index (χ1) is 8.58. The zero-order valence-electron chi connectivity index (χ0n) is 9.51. The minimum Gasteiger partial charge on any atom is -0.372 e. The summed E-state index contributed by atoms with van der Waals surface area (Å²) in [5.41, 5.74) is 0.962. The summed E-state index contributed by atoms with van der Waals surface area (Å²) in [5, 5.41) is 17.6. The quantitative estimate of drug-likeness (QED) is 0.680. The maximum atomic E-state index is 10.9. The number of hydrogen-bond acceptors (Lipinski definition) is 5. The van der Waals surface area contributed by atoms with E-state index in [1.54, 1.807) is 25.1 Å². The van der Waals surface area contributed by atoms with Crippen LogP contribution in [0.2, 0.25) is 5.02 Å². The van der Waals surface area contributed by atoms with Crippen LogP contribution in [-0.2, 0) is 6.54 Å². The summed E-state index contributed by atoms with van der Waals surface area (Å²) in [6.07, 6.45) is 0. The molecule has 7 heteroatoms. The van der Waals surface area contributed by atoms with E-state index in [-0.39, 0.29) is 10.7 Å². The van der Waals surface area contributed by atoms with Gasteiger partial charge in [0, 0.05) is 6.07 Å². The topological polar surface area (TPSA) is 81.2 Å². The zero-order chi connectivity index (χ0) is 13.1. The lowest BCUT2D eigenvalue weighted by Crippen LogP contribution is -2.02. The molecule has 94 valence electrons. The minimum atomic E-state index is -0.518. The first-order valence-corrected chi connectivity index (χ1v) is 5.54. The van der Waals surface area contributed by atoms with Crippen LogP contribution in [-0.4, -0.2) is 10.1 Å². The fourth-order valence-corrected chi connectivity index (χ4v) is 1.77. The normalized spacial score (nSPS) is 10.3. The molecule has 0 atom stereocenters. The van der Waals surface area contributed by atoms with Gasteiger partial charge in [-0.25, -0.2) is 0 Å². The average Bonchev–Trinajstić information content (AvgIpc) is 2.72. The van der Waals surface area contributed by atoms with Crippen molar-refractivity contribution in [3.63, 3.8) is 0 Å². The lowest BCUT2D eigenvalue weighted by molar-refractivity contribution is -0.383. The maximum absolute atomic E-state index is 10.9. The van der Waals surface area contributed by atoms with Gasteiger partial charge in [0.2, 0.25) is 0 Å². The van der Waals surface area contributed by atoms with Crippen molar-refractivity contribution in [2.75, 3.05) is 5.32 Å². The van der Waals surface area contributed by atoms with Crippen LogP contribution in [0.4, 0.5) is 11.4 Å². The number of nitrogens with zero attached hydrogens (tertiary/aromatic N) is 2. The number of anilines is 1. The molecule has 1 aromatic carbocycles. The first-order valence-electron chi connectivity index (χ1n) is 5.17. The summed E-state index contributed by atoms with van der Waals surface area (Å²) in [7, 11) is 0. The summed E-state index contributed by atoms with van der Waals surface area (Å²) in [6, 6.07) is 6.46. The lowest BCUT2D eigenvalue weighted by atomic mass is 10.2. The van der Waals surface area contributed by atoms with Gasteiger partial charge in [-0.05, 0) is 19.1 Å². The Labute approximate surface area is 108 Å². The van der Waals surface area contributed by atoms with Crippen LogP contribution in [0.25, 0.3) is 0 Å². The number of nitro benzene ring substituents is 1. The van der Waals surface area contributed by atoms with E-state index in [1.807, 2.05) is 0 Å². The fourth-order valence-electron chi connectivity index (χ4n) is 1.53. The molecule has 0 aliphatic rings. The van der Waals surface area contributed by atoms with Gasteiger partial charge in [-0.3, -0.25) is 10.1 Å². The van der Waals surface area contributed by atoms with Crippen molar-refractivity contribution >= 4 is 23.0 Å². The number of nitro groups is 1. The molecule has 2 rings (SSSR count). The molecule has 6 nitrogen and oxygen atoms in total. The van der Waals surface area contributed by atoms with Crippen molar-refractivity contribution in [3.8, 4) is 0 Å². The van der Waals surface area contributed by atoms with Gasteiger partial charge in [0.1, 0.15) is 10.7 Å². The Morgan fingerprint density at radius 1 is 1.56 bits per heavy atom. The Morgan fingerprint density at radius 3 is 2.94 bits per heavy atom. The van der Waals surface area contributed by atoms with E-state index >= 15 is 0 Å². The number of nitrogens with one attached hydrogen (secondary N) is 1. The van der Waals surface area contributed by atoms with Gasteiger partial charge in [-0.15, -0.1) is 0 Å². The molecule has 0 saturated carbocycles. The van der Waals surface area contributed by atoms with Crippen molar-refractivity contribution in [2.24, 2.45) is 0 Å². The Balaban J connectivity index is 2.19. The summed E-state index contributed by atoms with van der Waals surface area (Å²) >= 11 is 5.79. The second kappa shape index (κ2) is 5.05. The molecule has 0 bridgehead atoms. The summed E-state index contributed by atoms with van der Waals surface area (Å²) < 4.78 is 5.00. The lowest BCUT2D eigenvalue weighted by Gasteiger charge is -2.05. The smallest absolute Gasteiger partial charge is 0.310 e. The maximum Gasteiger partial charge on any atom is 0.310 e. The SMILES string of the molecule is Cc1cc(CNc2cccc(Cl)c2[N+](=O)[O-])on1. The molecule has 0 fully saturated rings. The third kappa shape index (κ3) is 2.60. The predicted molar refractivity (Wildman–Crippen MR) is 66.7 cm³/mol. The molecule has 1 aromatic heterocycles. The Kier molecular flexibility index (Phi) is 3.47. The number of benzene rings is 1. The third-order valence-electron chi connectivity index (χ3n) is 2.30. The van der Waals surface area contributed by atoms with Crippen LogP contribution >= 0.6 is 11.6 Å². The van der Waals surface area contributed by atoms with Gasteiger partial charge in [-0.2, -0.15) is 0 Å². The number of hydrogen-bond donors (Lipinski definition) is 1. The van der Waals surface area contributed by atoms with E-state index in [2.05, 4.69) is 10.5 Å². The third-order valence-corrected chi connectivity index (χ3v) is 2.60. The Bertz CT molecular complexity index is 583. The second-order valence-electron chi connectivity index (χ2n) is 3.68. The number of rotatable bonds is 4. The molecule has 1 N–H and O–H groups in total. The Morgan fingerprint density at radius 2 is 2.33 bits per heavy atom. The van der Waals surface area contributed by atoms with E-state index in [4.69, 9.17) is 16.1 Å². The number of aryl methyl sites for hydroxylation is 1. The summed E-state index contributed by atoms with van der Waals surface area (Å²) in [4.78, 5) is 10.4. The van der Waals surface area contributed by atoms with Crippen LogP contribution in [0, 0.1) is 17.0 Å². The Hall–Kier alpha value is -2.08. The van der Waals surface area contributed by atoms with E-state index in [9.17, 15) is 10.1 Å². The molecule has 2 aromatic rings. The minimum absolute atomic E-state index is 0.0961.